The Morgan fingerprint density at radius 1 is 1.46 bits per heavy atom. The monoisotopic (exact) mass is 419 g/mol. The highest BCUT2D eigenvalue weighted by Crippen LogP contribution is 2.41. The van der Waals surface area contributed by atoms with Crippen LogP contribution < -0.4 is 10.6 Å². The first-order valence-electron chi connectivity index (χ1n) is 7.83. The maximum atomic E-state index is 12.2. The molecular formula is C17H14ClN5O4S. The number of hydrogen-bond acceptors (Lipinski definition) is 7. The third-order valence-corrected chi connectivity index (χ3v) is 5.35. The summed E-state index contributed by atoms with van der Waals surface area (Å²) in [4.78, 5) is 34.7. The van der Waals surface area contributed by atoms with Crippen LogP contribution in [0.5, 0.6) is 0 Å². The van der Waals surface area contributed by atoms with Crippen molar-refractivity contribution >= 4 is 46.6 Å². The van der Waals surface area contributed by atoms with Crippen LogP contribution in [0.2, 0.25) is 5.02 Å². The normalized spacial score (nSPS) is 17.9. The number of nitro benzene ring substituents is 1. The summed E-state index contributed by atoms with van der Waals surface area (Å²) in [7, 11) is 0. The topological polar surface area (TPSA) is 149 Å². The molecular weight excluding hydrogens is 406 g/mol. The van der Waals surface area contributed by atoms with Crippen LogP contribution in [-0.4, -0.2) is 22.5 Å². The number of anilines is 1. The molecule has 2 amide bonds. The standard InChI is InChI=1S/C17H14ClN5O4S/c1-17(2)10(6-19)15(25)22-16(11(17)7-20)28-8-14(24)21-12-4-3-9(18)5-13(12)23(26)27/h3-5,10H,8H2,1-2H3,(H,21,24)(H,22,25). The van der Waals surface area contributed by atoms with E-state index >= 15 is 0 Å². The number of nitriles is 2. The number of amides is 2. The van der Waals surface area contributed by atoms with Gasteiger partial charge in [-0.2, -0.15) is 10.5 Å². The van der Waals surface area contributed by atoms with Crippen LogP contribution in [0.3, 0.4) is 0 Å². The fourth-order valence-electron chi connectivity index (χ4n) is 2.62. The van der Waals surface area contributed by atoms with Gasteiger partial charge in [0.2, 0.25) is 11.8 Å². The molecule has 1 atom stereocenters. The minimum atomic E-state index is -1.03. The van der Waals surface area contributed by atoms with Gasteiger partial charge in [0, 0.05) is 16.5 Å². The van der Waals surface area contributed by atoms with E-state index in [2.05, 4.69) is 10.6 Å². The van der Waals surface area contributed by atoms with Gasteiger partial charge in [-0.05, 0) is 12.1 Å². The second-order valence-electron chi connectivity index (χ2n) is 6.34. The van der Waals surface area contributed by atoms with Crippen molar-refractivity contribution in [3.8, 4) is 12.1 Å². The number of carbonyl (C=O) groups is 2. The number of thioether (sulfide) groups is 1. The summed E-state index contributed by atoms with van der Waals surface area (Å²) in [6.45, 7) is 3.21. The van der Waals surface area contributed by atoms with Gasteiger partial charge in [-0.3, -0.25) is 19.7 Å². The summed E-state index contributed by atoms with van der Waals surface area (Å²) >= 11 is 6.64. The van der Waals surface area contributed by atoms with Gasteiger partial charge in [-0.1, -0.05) is 37.2 Å². The van der Waals surface area contributed by atoms with Gasteiger partial charge in [-0.25, -0.2) is 0 Å². The van der Waals surface area contributed by atoms with E-state index in [0.717, 1.165) is 17.8 Å². The van der Waals surface area contributed by atoms with E-state index in [0.29, 0.717) is 0 Å². The fraction of sp³-hybridized carbons (Fsp3) is 0.294. The summed E-state index contributed by atoms with van der Waals surface area (Å²) < 4.78 is 0. The molecule has 1 unspecified atom stereocenters. The predicted molar refractivity (Wildman–Crippen MR) is 103 cm³/mol. The van der Waals surface area contributed by atoms with Gasteiger partial charge < -0.3 is 10.6 Å². The molecule has 0 aliphatic carbocycles. The smallest absolute Gasteiger partial charge is 0.294 e. The molecule has 11 heteroatoms. The molecule has 0 fully saturated rings. The van der Waals surface area contributed by atoms with Crippen molar-refractivity contribution < 1.29 is 14.5 Å². The van der Waals surface area contributed by atoms with Gasteiger partial charge >= 0.3 is 0 Å². The third-order valence-electron chi connectivity index (χ3n) is 4.11. The zero-order chi connectivity index (χ0) is 21.1. The number of nitrogens with zero attached hydrogens (tertiary/aromatic N) is 3. The van der Waals surface area contributed by atoms with Crippen LogP contribution in [0.4, 0.5) is 11.4 Å². The number of nitro groups is 1. The van der Waals surface area contributed by atoms with Crippen molar-refractivity contribution in [2.24, 2.45) is 11.3 Å². The van der Waals surface area contributed by atoms with Crippen LogP contribution in [0.25, 0.3) is 0 Å². The molecule has 9 nitrogen and oxygen atoms in total. The minimum absolute atomic E-state index is 0.0213. The van der Waals surface area contributed by atoms with Crippen molar-refractivity contribution in [1.82, 2.24) is 5.32 Å². The van der Waals surface area contributed by atoms with E-state index in [-0.39, 0.29) is 32.8 Å². The lowest BCUT2D eigenvalue weighted by atomic mass is 9.72. The maximum absolute atomic E-state index is 12.2. The fourth-order valence-corrected chi connectivity index (χ4v) is 3.76. The van der Waals surface area contributed by atoms with E-state index in [9.17, 15) is 30.2 Å². The molecule has 1 aliphatic heterocycles. The highest BCUT2D eigenvalue weighted by molar-refractivity contribution is 8.03. The zero-order valence-corrected chi connectivity index (χ0v) is 16.3. The molecule has 28 heavy (non-hydrogen) atoms. The SMILES string of the molecule is CC1(C)C(C#N)=C(SCC(=O)Nc2ccc(Cl)cc2[N+](=O)[O-])NC(=O)C1C#N. The lowest BCUT2D eigenvalue weighted by Crippen LogP contribution is -2.44. The molecule has 2 N–H and O–H groups in total. The average molecular weight is 420 g/mol. The van der Waals surface area contributed by atoms with Crippen molar-refractivity contribution in [2.45, 2.75) is 13.8 Å². The van der Waals surface area contributed by atoms with Gasteiger partial charge in [-0.15, -0.1) is 0 Å². The molecule has 0 saturated carbocycles. The molecule has 0 radical (unpaired) electrons. The molecule has 1 aromatic carbocycles. The summed E-state index contributed by atoms with van der Waals surface area (Å²) in [6, 6.07) is 7.71. The number of rotatable bonds is 5. The van der Waals surface area contributed by atoms with Crippen LogP contribution in [0.15, 0.2) is 28.8 Å². The van der Waals surface area contributed by atoms with Gasteiger partial charge in [0.25, 0.3) is 5.69 Å². The van der Waals surface area contributed by atoms with Crippen LogP contribution in [0.1, 0.15) is 13.8 Å². The van der Waals surface area contributed by atoms with Gasteiger partial charge in [0.1, 0.15) is 11.6 Å². The van der Waals surface area contributed by atoms with Crippen molar-refractivity contribution in [2.75, 3.05) is 11.1 Å². The van der Waals surface area contributed by atoms with E-state index in [1.54, 1.807) is 13.8 Å². The number of allylic oxidation sites excluding steroid dienone is 1. The quantitative estimate of drug-likeness (QED) is 0.550. The lowest BCUT2D eigenvalue weighted by molar-refractivity contribution is -0.383. The van der Waals surface area contributed by atoms with E-state index in [1.165, 1.54) is 12.1 Å². The summed E-state index contributed by atoms with van der Waals surface area (Å²) in [6.07, 6.45) is 0. The number of benzene rings is 1. The second-order valence-corrected chi connectivity index (χ2v) is 7.77. The number of nitrogens with one attached hydrogen (secondary N) is 2. The summed E-state index contributed by atoms with van der Waals surface area (Å²) in [5.74, 6) is -2.37. The largest absolute Gasteiger partial charge is 0.320 e. The highest BCUT2D eigenvalue weighted by atomic mass is 35.5. The van der Waals surface area contributed by atoms with Gasteiger partial charge in [0.15, 0.2) is 0 Å². The first-order valence-corrected chi connectivity index (χ1v) is 9.20. The van der Waals surface area contributed by atoms with Crippen molar-refractivity contribution in [3.63, 3.8) is 0 Å². The Hall–Kier alpha value is -3.08. The molecule has 2 rings (SSSR count). The van der Waals surface area contributed by atoms with E-state index < -0.39 is 28.1 Å². The molecule has 1 aliphatic rings. The first-order chi connectivity index (χ1) is 13.1. The van der Waals surface area contributed by atoms with Crippen LogP contribution >= 0.6 is 23.4 Å². The van der Waals surface area contributed by atoms with Crippen LogP contribution in [0, 0.1) is 44.1 Å². The summed E-state index contributed by atoms with van der Waals surface area (Å²) in [5.41, 5.74) is -1.20. The number of hydrogen-bond donors (Lipinski definition) is 2. The van der Waals surface area contributed by atoms with Crippen molar-refractivity contribution in [3.05, 3.63) is 43.9 Å². The molecule has 144 valence electrons. The maximum Gasteiger partial charge on any atom is 0.294 e. The Bertz CT molecular complexity index is 977. The number of halogens is 1. The Morgan fingerprint density at radius 3 is 2.71 bits per heavy atom. The van der Waals surface area contributed by atoms with Crippen LogP contribution in [-0.2, 0) is 9.59 Å². The minimum Gasteiger partial charge on any atom is -0.320 e. The Labute approximate surface area is 169 Å². The summed E-state index contributed by atoms with van der Waals surface area (Å²) in [5, 5.41) is 35.0. The molecule has 1 heterocycles. The molecule has 0 saturated heterocycles. The van der Waals surface area contributed by atoms with E-state index in [1.807, 2.05) is 12.1 Å². The predicted octanol–water partition coefficient (Wildman–Crippen LogP) is 2.95. The lowest BCUT2D eigenvalue weighted by Gasteiger charge is -2.34. The zero-order valence-electron chi connectivity index (χ0n) is 14.8. The average Bonchev–Trinajstić information content (AvgIpc) is 2.60. The Balaban J connectivity index is 2.18. The van der Waals surface area contributed by atoms with Gasteiger partial charge in [0.05, 0.1) is 33.4 Å². The molecule has 1 aromatic rings. The number of carbonyl (C=O) groups excluding carboxylic acids is 2. The van der Waals surface area contributed by atoms with E-state index in [4.69, 9.17) is 11.6 Å². The molecule has 0 spiro atoms. The second kappa shape index (κ2) is 8.30. The molecule has 0 aromatic heterocycles. The highest BCUT2D eigenvalue weighted by Gasteiger charge is 2.44. The van der Waals surface area contributed by atoms with Crippen molar-refractivity contribution in [1.29, 1.82) is 10.5 Å². The molecule has 0 bridgehead atoms. The Morgan fingerprint density at radius 2 is 2.14 bits per heavy atom. The first kappa shape index (κ1) is 21.2. The third kappa shape index (κ3) is 4.25. The Kier molecular flexibility index (Phi) is 6.29.